The van der Waals surface area contributed by atoms with E-state index in [1.54, 1.807) is 0 Å². The fraction of sp³-hybridized carbons (Fsp3) is 0.400. The third-order valence-electron chi connectivity index (χ3n) is 1.73. The molecule has 0 aliphatic rings. The third-order valence-corrected chi connectivity index (χ3v) is 2.03. The van der Waals surface area contributed by atoms with Gasteiger partial charge >= 0.3 is 0 Å². The summed E-state index contributed by atoms with van der Waals surface area (Å²) >= 11 is 4.23. The van der Waals surface area contributed by atoms with E-state index in [0.717, 1.165) is 4.90 Å². The van der Waals surface area contributed by atoms with Gasteiger partial charge in [0.25, 0.3) is 0 Å². The molecule has 0 N–H and O–H groups in total. The Morgan fingerprint density at radius 2 is 1.21 bits per heavy atom. The second-order valence-electron chi connectivity index (χ2n) is 3.80. The summed E-state index contributed by atoms with van der Waals surface area (Å²) in [5, 5.41) is 0. The van der Waals surface area contributed by atoms with E-state index in [1.807, 2.05) is 12.1 Å². The van der Waals surface area contributed by atoms with Gasteiger partial charge in [-0.1, -0.05) is 32.9 Å². The standard InChI is InChI=1S/C10H14S.3FH/c1-10(2,3)8-4-6-9(11)7-5-8;;;/h4-7,11H,1-3H3;3*1H. The zero-order valence-electron chi connectivity index (χ0n) is 8.48. The van der Waals surface area contributed by atoms with Crippen LogP contribution in [0.3, 0.4) is 0 Å². The fourth-order valence-electron chi connectivity index (χ4n) is 0.961. The molecule has 0 atom stereocenters. The minimum Gasteiger partial charge on any atom is -0.269 e. The van der Waals surface area contributed by atoms with Crippen LogP contribution in [0.2, 0.25) is 0 Å². The summed E-state index contributed by atoms with van der Waals surface area (Å²) in [4.78, 5) is 1.03. The molecule has 0 fully saturated rings. The van der Waals surface area contributed by atoms with Gasteiger partial charge in [0.15, 0.2) is 0 Å². The number of benzene rings is 1. The van der Waals surface area contributed by atoms with Crippen LogP contribution in [0.4, 0.5) is 14.1 Å². The van der Waals surface area contributed by atoms with Gasteiger partial charge in [0, 0.05) is 4.90 Å². The summed E-state index contributed by atoms with van der Waals surface area (Å²) < 4.78 is 0. The van der Waals surface area contributed by atoms with Crippen molar-refractivity contribution < 1.29 is 14.1 Å². The van der Waals surface area contributed by atoms with Gasteiger partial charge in [0.1, 0.15) is 0 Å². The summed E-state index contributed by atoms with van der Waals surface area (Å²) in [6.07, 6.45) is 0. The van der Waals surface area contributed by atoms with Crippen LogP contribution >= 0.6 is 12.6 Å². The van der Waals surface area contributed by atoms with Gasteiger partial charge < -0.3 is 0 Å². The lowest BCUT2D eigenvalue weighted by Gasteiger charge is -2.18. The molecule has 0 unspecified atom stereocenters. The van der Waals surface area contributed by atoms with E-state index in [0.29, 0.717) is 0 Å². The minimum absolute atomic E-state index is 0. The predicted molar refractivity (Wildman–Crippen MR) is 59.9 cm³/mol. The van der Waals surface area contributed by atoms with E-state index in [4.69, 9.17) is 0 Å². The van der Waals surface area contributed by atoms with Crippen molar-refractivity contribution in [3.63, 3.8) is 0 Å². The highest BCUT2D eigenvalue weighted by atomic mass is 32.1. The molecule has 0 saturated carbocycles. The third kappa shape index (κ3) is 5.17. The zero-order valence-corrected chi connectivity index (χ0v) is 9.38. The Morgan fingerprint density at radius 3 is 1.50 bits per heavy atom. The van der Waals surface area contributed by atoms with Crippen LogP contribution in [-0.4, -0.2) is 0 Å². The van der Waals surface area contributed by atoms with E-state index in [1.165, 1.54) is 5.56 Å². The van der Waals surface area contributed by atoms with Gasteiger partial charge in [-0.05, 0) is 23.1 Å². The Morgan fingerprint density at radius 1 is 0.857 bits per heavy atom. The second kappa shape index (κ2) is 6.76. The van der Waals surface area contributed by atoms with E-state index in [9.17, 15) is 0 Å². The van der Waals surface area contributed by atoms with Gasteiger partial charge in [-0.2, -0.15) is 0 Å². The summed E-state index contributed by atoms with van der Waals surface area (Å²) in [5.74, 6) is 0. The molecule has 0 nitrogen and oxygen atoms in total. The molecule has 14 heavy (non-hydrogen) atoms. The Hall–Kier alpha value is -0.640. The molecule has 0 radical (unpaired) electrons. The van der Waals surface area contributed by atoms with Crippen LogP contribution < -0.4 is 0 Å². The molecule has 1 aromatic rings. The zero-order chi connectivity index (χ0) is 8.48. The number of rotatable bonds is 0. The molecule has 4 heteroatoms. The summed E-state index contributed by atoms with van der Waals surface area (Å²) in [6.45, 7) is 6.63. The van der Waals surface area contributed by atoms with E-state index in [-0.39, 0.29) is 19.5 Å². The van der Waals surface area contributed by atoms with Crippen LogP contribution in [0.5, 0.6) is 0 Å². The van der Waals surface area contributed by atoms with Crippen molar-refractivity contribution in [3.8, 4) is 0 Å². The molecule has 0 aromatic heterocycles. The molecule has 0 aliphatic heterocycles. The van der Waals surface area contributed by atoms with Crippen LogP contribution in [0.1, 0.15) is 26.3 Å². The largest absolute Gasteiger partial charge is 0.269 e. The average molecular weight is 226 g/mol. The first kappa shape index (κ1) is 19.0. The van der Waals surface area contributed by atoms with Gasteiger partial charge in [0.05, 0.1) is 0 Å². The van der Waals surface area contributed by atoms with E-state index >= 15 is 0 Å². The SMILES string of the molecule is CC(C)(C)c1ccc(S)cc1.F.F.F. The molecule has 0 aliphatic carbocycles. The fourth-order valence-corrected chi connectivity index (χ4v) is 1.11. The van der Waals surface area contributed by atoms with Crippen LogP contribution in [0.25, 0.3) is 0 Å². The van der Waals surface area contributed by atoms with E-state index in [2.05, 4.69) is 45.5 Å². The van der Waals surface area contributed by atoms with Crippen LogP contribution in [-0.2, 0) is 5.41 Å². The van der Waals surface area contributed by atoms with Crippen molar-refractivity contribution >= 4 is 12.6 Å². The first-order valence-corrected chi connectivity index (χ1v) is 4.24. The van der Waals surface area contributed by atoms with Crippen molar-refractivity contribution in [1.29, 1.82) is 0 Å². The van der Waals surface area contributed by atoms with Crippen LogP contribution in [0.15, 0.2) is 29.2 Å². The smallest absolute Gasteiger partial charge is 0.00401 e. The maximum atomic E-state index is 4.23. The molecular formula is C10H17F3S. The molecular weight excluding hydrogens is 209 g/mol. The van der Waals surface area contributed by atoms with Crippen molar-refractivity contribution in [2.75, 3.05) is 0 Å². The highest BCUT2D eigenvalue weighted by Gasteiger charge is 2.11. The first-order valence-electron chi connectivity index (χ1n) is 3.79. The highest BCUT2D eigenvalue weighted by Crippen LogP contribution is 2.22. The second-order valence-corrected chi connectivity index (χ2v) is 4.31. The summed E-state index contributed by atoms with van der Waals surface area (Å²) in [5.41, 5.74) is 1.61. The molecule has 0 heterocycles. The van der Waals surface area contributed by atoms with Gasteiger partial charge in [-0.25, -0.2) is 0 Å². The average Bonchev–Trinajstić information content (AvgIpc) is 1.86. The Labute approximate surface area is 88.2 Å². The van der Waals surface area contributed by atoms with Crippen molar-refractivity contribution in [2.24, 2.45) is 0 Å². The summed E-state index contributed by atoms with van der Waals surface area (Å²) in [6, 6.07) is 8.32. The van der Waals surface area contributed by atoms with E-state index < -0.39 is 0 Å². The minimum atomic E-state index is 0. The lowest BCUT2D eigenvalue weighted by Crippen LogP contribution is -2.10. The molecule has 0 spiro atoms. The van der Waals surface area contributed by atoms with Crippen molar-refractivity contribution in [1.82, 2.24) is 0 Å². The molecule has 1 aromatic carbocycles. The lowest BCUT2D eigenvalue weighted by atomic mass is 9.87. The Kier molecular flexibility index (Phi) is 9.18. The number of halogens is 3. The van der Waals surface area contributed by atoms with Gasteiger partial charge in [-0.15, -0.1) is 12.6 Å². The van der Waals surface area contributed by atoms with Gasteiger partial charge in [-0.3, -0.25) is 14.1 Å². The maximum absolute atomic E-state index is 4.23. The quantitative estimate of drug-likeness (QED) is 0.640. The maximum Gasteiger partial charge on any atom is 0.00401 e. The van der Waals surface area contributed by atoms with Crippen LogP contribution in [0, 0.1) is 0 Å². The predicted octanol–water partition coefficient (Wildman–Crippen LogP) is 3.73. The van der Waals surface area contributed by atoms with Gasteiger partial charge in [0.2, 0.25) is 0 Å². The molecule has 0 amide bonds. The summed E-state index contributed by atoms with van der Waals surface area (Å²) in [7, 11) is 0. The molecule has 84 valence electrons. The van der Waals surface area contributed by atoms with Crippen molar-refractivity contribution in [2.45, 2.75) is 31.1 Å². The molecule has 0 saturated heterocycles. The number of hydrogen-bond acceptors (Lipinski definition) is 1. The normalized spacial score (nSPS) is 9.14. The first-order chi connectivity index (χ1) is 5.00. The Balaban J connectivity index is -0.000000403. The Bertz CT molecular complexity index is 239. The molecule has 0 bridgehead atoms. The topological polar surface area (TPSA) is 0 Å². The lowest BCUT2D eigenvalue weighted by molar-refractivity contribution is 0.590. The number of hydrogen-bond donors (Lipinski definition) is 1. The number of thiol groups is 1. The van der Waals surface area contributed by atoms with Crippen molar-refractivity contribution in [3.05, 3.63) is 29.8 Å². The monoisotopic (exact) mass is 226 g/mol. The highest BCUT2D eigenvalue weighted by molar-refractivity contribution is 7.80. The molecule has 1 rings (SSSR count).